The molecule has 2 N–H and O–H groups in total. The van der Waals surface area contributed by atoms with E-state index in [1.807, 2.05) is 0 Å². The van der Waals surface area contributed by atoms with Crippen LogP contribution in [0.5, 0.6) is 0 Å². The summed E-state index contributed by atoms with van der Waals surface area (Å²) in [6, 6.07) is 9.70. The molecule has 162 valence electrons. The smallest absolute Gasteiger partial charge is 0.303 e. The fraction of sp³-hybridized carbons (Fsp3) is 0.227. The predicted molar refractivity (Wildman–Crippen MR) is 123 cm³/mol. The first-order valence-corrected chi connectivity index (χ1v) is 10.9. The second kappa shape index (κ2) is 9.94. The second-order valence-corrected chi connectivity index (χ2v) is 8.70. The van der Waals surface area contributed by atoms with Crippen molar-refractivity contribution in [2.75, 3.05) is 6.54 Å². The zero-order valence-corrected chi connectivity index (χ0v) is 19.5. The van der Waals surface area contributed by atoms with Crippen LogP contribution in [0.25, 0.3) is 10.9 Å². The SMILES string of the molecule is Cc1c(Cl)nc2ccc(Br)cc2c1C(=O)NCC(CCC(=O)O)c1cccc(F)c1Cl. The van der Waals surface area contributed by atoms with Gasteiger partial charge in [0, 0.05) is 28.7 Å². The summed E-state index contributed by atoms with van der Waals surface area (Å²) in [4.78, 5) is 28.5. The van der Waals surface area contributed by atoms with Crippen molar-refractivity contribution in [1.82, 2.24) is 10.3 Å². The van der Waals surface area contributed by atoms with Gasteiger partial charge in [0.25, 0.3) is 5.91 Å². The Morgan fingerprint density at radius 3 is 2.71 bits per heavy atom. The van der Waals surface area contributed by atoms with E-state index in [9.17, 15) is 14.0 Å². The first-order valence-electron chi connectivity index (χ1n) is 9.38. The highest BCUT2D eigenvalue weighted by atomic mass is 79.9. The summed E-state index contributed by atoms with van der Waals surface area (Å²) in [5.41, 5.74) is 1.91. The summed E-state index contributed by atoms with van der Waals surface area (Å²) in [5.74, 6) is -2.47. The Balaban J connectivity index is 1.92. The Bertz CT molecular complexity index is 1170. The number of carboxylic acids is 1. The molecular weight excluding hydrogens is 510 g/mol. The lowest BCUT2D eigenvalue weighted by Gasteiger charge is -2.20. The largest absolute Gasteiger partial charge is 0.481 e. The Labute approximate surface area is 196 Å². The molecule has 2 aromatic carbocycles. The number of pyridine rings is 1. The number of hydrogen-bond acceptors (Lipinski definition) is 3. The van der Waals surface area contributed by atoms with Crippen LogP contribution in [0, 0.1) is 12.7 Å². The first-order chi connectivity index (χ1) is 14.7. The maximum absolute atomic E-state index is 14.0. The average Bonchev–Trinajstić information content (AvgIpc) is 2.71. The van der Waals surface area contributed by atoms with E-state index in [1.165, 1.54) is 12.1 Å². The molecule has 3 aromatic rings. The molecule has 0 spiro atoms. The number of benzene rings is 2. The normalized spacial score (nSPS) is 12.0. The van der Waals surface area contributed by atoms with Gasteiger partial charge in [-0.15, -0.1) is 0 Å². The van der Waals surface area contributed by atoms with E-state index in [-0.39, 0.29) is 29.6 Å². The number of halogens is 4. The predicted octanol–water partition coefficient (Wildman–Crippen LogP) is 6.13. The Morgan fingerprint density at radius 1 is 1.26 bits per heavy atom. The molecule has 1 unspecified atom stereocenters. The summed E-state index contributed by atoms with van der Waals surface area (Å²) in [6.07, 6.45) is 0.0323. The van der Waals surface area contributed by atoms with Crippen LogP contribution < -0.4 is 5.32 Å². The van der Waals surface area contributed by atoms with Gasteiger partial charge in [-0.05, 0) is 48.7 Å². The molecule has 0 radical (unpaired) electrons. The molecule has 5 nitrogen and oxygen atoms in total. The van der Waals surface area contributed by atoms with Crippen molar-refractivity contribution in [1.29, 1.82) is 0 Å². The molecular formula is C22H18BrCl2FN2O3. The Hall–Kier alpha value is -2.22. The number of carbonyl (C=O) groups is 2. The molecule has 0 bridgehead atoms. The maximum Gasteiger partial charge on any atom is 0.303 e. The summed E-state index contributed by atoms with van der Waals surface area (Å²) in [6.45, 7) is 1.78. The van der Waals surface area contributed by atoms with E-state index < -0.39 is 23.6 Å². The number of hydrogen-bond donors (Lipinski definition) is 2. The number of carbonyl (C=O) groups excluding carboxylic acids is 1. The monoisotopic (exact) mass is 526 g/mol. The van der Waals surface area contributed by atoms with Gasteiger partial charge in [-0.2, -0.15) is 0 Å². The van der Waals surface area contributed by atoms with Crippen LogP contribution >= 0.6 is 39.1 Å². The van der Waals surface area contributed by atoms with Crippen LogP contribution in [0.3, 0.4) is 0 Å². The highest BCUT2D eigenvalue weighted by molar-refractivity contribution is 9.10. The number of rotatable bonds is 7. The minimum absolute atomic E-state index is 0.0736. The number of fused-ring (bicyclic) bond motifs is 1. The topological polar surface area (TPSA) is 79.3 Å². The van der Waals surface area contributed by atoms with Crippen molar-refractivity contribution >= 4 is 61.9 Å². The van der Waals surface area contributed by atoms with Crippen molar-refractivity contribution < 1.29 is 19.1 Å². The second-order valence-electron chi connectivity index (χ2n) is 7.05. The quantitative estimate of drug-likeness (QED) is 0.362. The van der Waals surface area contributed by atoms with Crippen LogP contribution in [0.4, 0.5) is 4.39 Å². The molecule has 0 aliphatic rings. The molecule has 1 amide bonds. The van der Waals surface area contributed by atoms with E-state index in [4.69, 9.17) is 28.3 Å². The van der Waals surface area contributed by atoms with Crippen LogP contribution in [0.1, 0.15) is 40.2 Å². The van der Waals surface area contributed by atoms with Crippen LogP contribution in [0.2, 0.25) is 10.2 Å². The first kappa shape index (κ1) is 23.4. The number of nitrogens with zero attached hydrogens (tertiary/aromatic N) is 1. The van der Waals surface area contributed by atoms with Crippen molar-refractivity contribution in [3.05, 3.63) is 73.6 Å². The van der Waals surface area contributed by atoms with Crippen molar-refractivity contribution in [2.24, 2.45) is 0 Å². The minimum atomic E-state index is -0.989. The molecule has 0 fully saturated rings. The fourth-order valence-corrected chi connectivity index (χ4v) is 4.23. The van der Waals surface area contributed by atoms with Crippen LogP contribution in [-0.4, -0.2) is 28.5 Å². The highest BCUT2D eigenvalue weighted by Crippen LogP contribution is 2.31. The van der Waals surface area contributed by atoms with Gasteiger partial charge in [0.15, 0.2) is 0 Å². The third-order valence-electron chi connectivity index (χ3n) is 5.00. The molecule has 1 heterocycles. The van der Waals surface area contributed by atoms with Gasteiger partial charge >= 0.3 is 5.97 Å². The van der Waals surface area contributed by atoms with Crippen molar-refractivity contribution in [3.8, 4) is 0 Å². The van der Waals surface area contributed by atoms with E-state index in [0.29, 0.717) is 27.6 Å². The van der Waals surface area contributed by atoms with Gasteiger partial charge in [-0.25, -0.2) is 9.37 Å². The van der Waals surface area contributed by atoms with E-state index in [0.717, 1.165) is 4.47 Å². The van der Waals surface area contributed by atoms with Gasteiger partial charge < -0.3 is 10.4 Å². The average molecular weight is 528 g/mol. The number of aromatic nitrogens is 1. The third kappa shape index (κ3) is 5.34. The summed E-state index contributed by atoms with van der Waals surface area (Å²) >= 11 is 15.7. The molecule has 3 rings (SSSR count). The molecule has 0 saturated carbocycles. The standard InChI is InChI=1S/C22H18BrCl2FN2O3/c1-11-19(15-9-13(23)6-7-17(15)28-21(11)25)22(31)27-10-12(5-8-18(29)30)14-3-2-4-16(26)20(14)24/h2-4,6-7,9,12H,5,8,10H2,1H3,(H,27,31)(H,29,30). The molecule has 9 heteroatoms. The third-order valence-corrected chi connectivity index (χ3v) is 6.26. The van der Waals surface area contributed by atoms with E-state index in [1.54, 1.807) is 31.2 Å². The van der Waals surface area contributed by atoms with E-state index in [2.05, 4.69) is 26.2 Å². The molecule has 1 atom stereocenters. The van der Waals surface area contributed by atoms with Gasteiger partial charge in [-0.3, -0.25) is 9.59 Å². The van der Waals surface area contributed by atoms with Crippen molar-refractivity contribution in [2.45, 2.75) is 25.7 Å². The minimum Gasteiger partial charge on any atom is -0.481 e. The van der Waals surface area contributed by atoms with Crippen molar-refractivity contribution in [3.63, 3.8) is 0 Å². The van der Waals surface area contributed by atoms with Crippen LogP contribution in [-0.2, 0) is 4.79 Å². The summed E-state index contributed by atoms with van der Waals surface area (Å²) in [7, 11) is 0. The zero-order valence-electron chi connectivity index (χ0n) is 16.4. The number of carboxylic acid groups (broad SMARTS) is 1. The molecule has 1 aromatic heterocycles. The molecule has 0 aliphatic carbocycles. The molecule has 0 saturated heterocycles. The number of aliphatic carboxylic acids is 1. The summed E-state index contributed by atoms with van der Waals surface area (Å²) < 4.78 is 14.7. The molecule has 0 aliphatic heterocycles. The highest BCUT2D eigenvalue weighted by Gasteiger charge is 2.22. The van der Waals surface area contributed by atoms with Gasteiger partial charge in [-0.1, -0.05) is 51.3 Å². The zero-order chi connectivity index (χ0) is 22.7. The lowest BCUT2D eigenvalue weighted by atomic mass is 9.93. The van der Waals surface area contributed by atoms with Gasteiger partial charge in [0.1, 0.15) is 11.0 Å². The lowest BCUT2D eigenvalue weighted by molar-refractivity contribution is -0.137. The maximum atomic E-state index is 14.0. The van der Waals surface area contributed by atoms with Crippen LogP contribution in [0.15, 0.2) is 40.9 Å². The van der Waals surface area contributed by atoms with Gasteiger partial charge in [0.05, 0.1) is 16.1 Å². The Morgan fingerprint density at radius 2 is 2.00 bits per heavy atom. The summed E-state index contributed by atoms with van der Waals surface area (Å²) in [5, 5.41) is 12.7. The number of amides is 1. The van der Waals surface area contributed by atoms with E-state index >= 15 is 0 Å². The Kier molecular flexibility index (Phi) is 7.51. The van der Waals surface area contributed by atoms with Gasteiger partial charge in [0.2, 0.25) is 0 Å². The lowest BCUT2D eigenvalue weighted by Crippen LogP contribution is -2.30. The fourth-order valence-electron chi connectivity index (χ4n) is 3.40. The molecule has 31 heavy (non-hydrogen) atoms. The number of nitrogens with one attached hydrogen (secondary N) is 1.